The number of ether oxygens (including phenoxy) is 1. The first-order chi connectivity index (χ1) is 14.2. The van der Waals surface area contributed by atoms with Crippen LogP contribution < -0.4 is 0 Å². The van der Waals surface area contributed by atoms with Crippen molar-refractivity contribution in [2.24, 2.45) is 10.2 Å². The summed E-state index contributed by atoms with van der Waals surface area (Å²) in [6, 6.07) is 19.4. The Morgan fingerprint density at radius 3 is 2.48 bits per heavy atom. The van der Waals surface area contributed by atoms with Crippen LogP contribution >= 0.6 is 11.8 Å². The molecule has 29 heavy (non-hydrogen) atoms. The lowest BCUT2D eigenvalue weighted by atomic mass is 10.2. The lowest BCUT2D eigenvalue weighted by Crippen LogP contribution is -2.28. The summed E-state index contributed by atoms with van der Waals surface area (Å²) in [7, 11) is 1.27. The zero-order chi connectivity index (χ0) is 20.5. The Kier molecular flexibility index (Phi) is 7.13. The molecular weight excluding hydrogens is 386 g/mol. The van der Waals surface area contributed by atoms with Gasteiger partial charge in [0.2, 0.25) is 0 Å². The molecular formula is C22H19N3O3S. The van der Waals surface area contributed by atoms with Crippen LogP contribution in [0.25, 0.3) is 6.08 Å². The average molecular weight is 405 g/mol. The second kappa shape index (κ2) is 10.2. The quantitative estimate of drug-likeness (QED) is 0.317. The van der Waals surface area contributed by atoms with E-state index in [4.69, 9.17) is 0 Å². The highest BCUT2D eigenvalue weighted by atomic mass is 32.2. The van der Waals surface area contributed by atoms with Crippen LogP contribution in [0.1, 0.15) is 11.1 Å². The van der Waals surface area contributed by atoms with Crippen molar-refractivity contribution >= 4 is 41.1 Å². The van der Waals surface area contributed by atoms with E-state index < -0.39 is 5.97 Å². The molecule has 1 saturated heterocycles. The molecule has 2 aromatic carbocycles. The Bertz CT molecular complexity index is 983. The molecule has 6 nitrogen and oxygen atoms in total. The standard InChI is InChI=1S/C22H19N3O3S/c1-28-20(26)15-19-21(27)25(16-18-11-6-3-7-12-18)22(29-19)24-23-14-8-13-17-9-4-2-5-10-17/h2-15H,16H2,1H3/b13-8+,19-15-,23-14+,24-22-. The summed E-state index contributed by atoms with van der Waals surface area (Å²) in [6.45, 7) is 0.333. The van der Waals surface area contributed by atoms with Gasteiger partial charge in [-0.15, -0.1) is 5.10 Å². The normalized spacial score (nSPS) is 17.1. The maximum Gasteiger partial charge on any atom is 0.331 e. The highest BCUT2D eigenvalue weighted by molar-refractivity contribution is 8.18. The molecule has 2 aromatic rings. The fraction of sp³-hybridized carbons (Fsp3) is 0.0909. The number of esters is 1. The van der Waals surface area contributed by atoms with E-state index in [9.17, 15) is 9.59 Å². The van der Waals surface area contributed by atoms with Crippen molar-refractivity contribution in [3.63, 3.8) is 0 Å². The molecule has 1 fully saturated rings. The van der Waals surface area contributed by atoms with E-state index in [0.29, 0.717) is 11.7 Å². The van der Waals surface area contributed by atoms with E-state index >= 15 is 0 Å². The zero-order valence-corrected chi connectivity index (χ0v) is 16.6. The molecule has 1 heterocycles. The van der Waals surface area contributed by atoms with Gasteiger partial charge in [-0.05, 0) is 29.0 Å². The first-order valence-electron chi connectivity index (χ1n) is 8.83. The van der Waals surface area contributed by atoms with Crippen molar-refractivity contribution in [1.29, 1.82) is 0 Å². The van der Waals surface area contributed by atoms with Gasteiger partial charge in [0.05, 0.1) is 18.6 Å². The Labute approximate surface area is 173 Å². The molecule has 0 N–H and O–H groups in total. The third-order valence-corrected chi connectivity index (χ3v) is 4.90. The van der Waals surface area contributed by atoms with Crippen molar-refractivity contribution in [1.82, 2.24) is 4.90 Å². The van der Waals surface area contributed by atoms with Gasteiger partial charge >= 0.3 is 5.97 Å². The molecule has 1 aliphatic heterocycles. The molecule has 1 aliphatic rings. The number of methoxy groups -OCH3 is 1. The lowest BCUT2D eigenvalue weighted by molar-refractivity contribution is -0.135. The molecule has 146 valence electrons. The summed E-state index contributed by atoms with van der Waals surface area (Å²) in [5, 5.41) is 8.62. The van der Waals surface area contributed by atoms with Gasteiger partial charge in [-0.3, -0.25) is 9.69 Å². The number of amides is 1. The van der Waals surface area contributed by atoms with Crippen molar-refractivity contribution in [3.8, 4) is 0 Å². The van der Waals surface area contributed by atoms with Crippen LogP contribution in [0.15, 0.2) is 87.9 Å². The van der Waals surface area contributed by atoms with Crippen molar-refractivity contribution in [2.75, 3.05) is 7.11 Å². The van der Waals surface area contributed by atoms with Gasteiger partial charge in [0.25, 0.3) is 5.91 Å². The predicted octanol–water partition coefficient (Wildman–Crippen LogP) is 3.87. The Morgan fingerprint density at radius 2 is 1.79 bits per heavy atom. The number of rotatable bonds is 6. The van der Waals surface area contributed by atoms with Gasteiger partial charge in [-0.25, -0.2) is 4.79 Å². The van der Waals surface area contributed by atoms with Gasteiger partial charge in [0.15, 0.2) is 5.17 Å². The third-order valence-electron chi connectivity index (χ3n) is 3.91. The molecule has 0 bridgehead atoms. The minimum Gasteiger partial charge on any atom is -0.466 e. The second-order valence-electron chi connectivity index (χ2n) is 5.93. The van der Waals surface area contributed by atoms with Gasteiger partial charge in [0.1, 0.15) is 0 Å². The minimum absolute atomic E-state index is 0.251. The first-order valence-corrected chi connectivity index (χ1v) is 9.65. The fourth-order valence-electron chi connectivity index (χ4n) is 2.49. The van der Waals surface area contributed by atoms with Crippen molar-refractivity contribution in [2.45, 2.75) is 6.54 Å². The monoisotopic (exact) mass is 405 g/mol. The van der Waals surface area contributed by atoms with E-state index in [1.807, 2.05) is 66.7 Å². The molecule has 0 radical (unpaired) electrons. The van der Waals surface area contributed by atoms with Gasteiger partial charge < -0.3 is 4.74 Å². The number of thioether (sulfide) groups is 1. The molecule has 0 aromatic heterocycles. The second-order valence-corrected chi connectivity index (χ2v) is 6.94. The smallest absolute Gasteiger partial charge is 0.331 e. The first kappa shape index (κ1) is 20.3. The van der Waals surface area contributed by atoms with E-state index in [0.717, 1.165) is 22.9 Å². The molecule has 0 atom stereocenters. The lowest BCUT2D eigenvalue weighted by Gasteiger charge is -2.14. The zero-order valence-electron chi connectivity index (χ0n) is 15.8. The number of hydrogen-bond acceptors (Lipinski definition) is 6. The summed E-state index contributed by atoms with van der Waals surface area (Å²) in [5.74, 6) is -0.894. The molecule has 0 aliphatic carbocycles. The van der Waals surface area contributed by atoms with E-state index in [1.54, 1.807) is 12.3 Å². The van der Waals surface area contributed by atoms with Crippen LogP contribution in [0.5, 0.6) is 0 Å². The average Bonchev–Trinajstić information content (AvgIpc) is 3.04. The summed E-state index contributed by atoms with van der Waals surface area (Å²) in [4.78, 5) is 26.0. The number of amidine groups is 1. The number of nitrogens with zero attached hydrogens (tertiary/aromatic N) is 3. The highest BCUT2D eigenvalue weighted by Gasteiger charge is 2.34. The molecule has 1 amide bonds. The van der Waals surface area contributed by atoms with Crippen LogP contribution in [-0.4, -0.2) is 35.3 Å². The van der Waals surface area contributed by atoms with E-state index in [1.165, 1.54) is 18.1 Å². The predicted molar refractivity (Wildman–Crippen MR) is 116 cm³/mol. The van der Waals surface area contributed by atoms with Crippen LogP contribution in [0.4, 0.5) is 0 Å². The van der Waals surface area contributed by atoms with E-state index in [-0.39, 0.29) is 10.8 Å². The van der Waals surface area contributed by atoms with Crippen molar-refractivity contribution < 1.29 is 14.3 Å². The topological polar surface area (TPSA) is 71.3 Å². The van der Waals surface area contributed by atoms with Crippen LogP contribution in [0, 0.1) is 0 Å². The number of hydrogen-bond donors (Lipinski definition) is 0. The number of carbonyl (C=O) groups is 2. The highest BCUT2D eigenvalue weighted by Crippen LogP contribution is 2.32. The Morgan fingerprint density at radius 1 is 1.10 bits per heavy atom. The van der Waals surface area contributed by atoms with Crippen LogP contribution in [-0.2, 0) is 20.9 Å². The van der Waals surface area contributed by atoms with Gasteiger partial charge in [-0.2, -0.15) is 5.10 Å². The third kappa shape index (κ3) is 5.76. The Balaban J connectivity index is 1.78. The van der Waals surface area contributed by atoms with E-state index in [2.05, 4.69) is 14.9 Å². The summed E-state index contributed by atoms with van der Waals surface area (Å²) in [6.07, 6.45) is 6.40. The maximum absolute atomic E-state index is 12.7. The summed E-state index contributed by atoms with van der Waals surface area (Å²) < 4.78 is 4.63. The number of carbonyl (C=O) groups excluding carboxylic acids is 2. The molecule has 3 rings (SSSR count). The molecule has 0 unspecified atom stereocenters. The minimum atomic E-state index is -0.587. The summed E-state index contributed by atoms with van der Waals surface area (Å²) >= 11 is 1.09. The maximum atomic E-state index is 12.7. The SMILES string of the molecule is COC(=O)/C=C1\S\C(=N/N=C/C=C/c2ccccc2)N(Cc2ccccc2)C1=O. The number of benzene rings is 2. The molecule has 0 spiro atoms. The van der Waals surface area contributed by atoms with Crippen LogP contribution in [0.2, 0.25) is 0 Å². The fourth-order valence-corrected chi connectivity index (χ4v) is 3.39. The van der Waals surface area contributed by atoms with Gasteiger partial charge in [-0.1, -0.05) is 66.7 Å². The Hall–Kier alpha value is -3.45. The molecule has 7 heteroatoms. The number of allylic oxidation sites excluding steroid dienone is 1. The molecule has 0 saturated carbocycles. The largest absolute Gasteiger partial charge is 0.466 e. The van der Waals surface area contributed by atoms with Crippen LogP contribution in [0.3, 0.4) is 0 Å². The van der Waals surface area contributed by atoms with Gasteiger partial charge in [0, 0.05) is 12.3 Å². The summed E-state index contributed by atoms with van der Waals surface area (Å²) in [5.41, 5.74) is 1.99. The van der Waals surface area contributed by atoms with Crippen molar-refractivity contribution in [3.05, 3.63) is 88.8 Å².